The molecule has 0 amide bonds. The van der Waals surface area contributed by atoms with E-state index in [2.05, 4.69) is 38.1 Å². The van der Waals surface area contributed by atoms with Crippen molar-refractivity contribution in [2.45, 2.75) is 38.4 Å². The first kappa shape index (κ1) is 22.5. The highest BCUT2D eigenvalue weighted by atomic mass is 127. The number of pyridine rings is 1. The summed E-state index contributed by atoms with van der Waals surface area (Å²) in [7, 11) is 0. The lowest BCUT2D eigenvalue weighted by Gasteiger charge is -2.16. The highest BCUT2D eigenvalue weighted by molar-refractivity contribution is 14.0. The third-order valence-corrected chi connectivity index (χ3v) is 3.69. The first-order chi connectivity index (χ1) is 12.0. The summed E-state index contributed by atoms with van der Waals surface area (Å²) in [5, 5.41) is 9.60. The van der Waals surface area contributed by atoms with Crippen LogP contribution in [0.1, 0.15) is 31.7 Å². The molecule has 5 nitrogen and oxygen atoms in total. The zero-order chi connectivity index (χ0) is 18.1. The van der Waals surface area contributed by atoms with Gasteiger partial charge in [0.15, 0.2) is 5.96 Å². The van der Waals surface area contributed by atoms with Crippen molar-refractivity contribution in [2.24, 2.45) is 4.99 Å². The lowest BCUT2D eigenvalue weighted by atomic mass is 10.2. The molecule has 0 atom stereocenters. The summed E-state index contributed by atoms with van der Waals surface area (Å²) < 4.78 is 37.4. The Morgan fingerprint density at radius 1 is 1.27 bits per heavy atom. The number of anilines is 1. The number of hydrogen-bond acceptors (Lipinski definition) is 3. The Labute approximate surface area is 169 Å². The van der Waals surface area contributed by atoms with Crippen LogP contribution in [0.5, 0.6) is 0 Å². The number of nitrogens with zero attached hydrogens (tertiary/aromatic N) is 2. The molecule has 0 aromatic carbocycles. The maximum atomic E-state index is 12.5. The molecule has 0 saturated carbocycles. The second-order valence-corrected chi connectivity index (χ2v) is 5.75. The normalized spacial score (nSPS) is 14.8. The molecule has 2 rings (SSSR count). The van der Waals surface area contributed by atoms with Crippen LogP contribution < -0.4 is 16.0 Å². The Morgan fingerprint density at radius 2 is 2.00 bits per heavy atom. The lowest BCUT2D eigenvalue weighted by Crippen LogP contribution is -2.42. The van der Waals surface area contributed by atoms with Crippen molar-refractivity contribution in [1.29, 1.82) is 0 Å². The minimum Gasteiger partial charge on any atom is -0.370 e. The third-order valence-electron chi connectivity index (χ3n) is 3.69. The van der Waals surface area contributed by atoms with Gasteiger partial charge in [-0.15, -0.1) is 24.0 Å². The number of rotatable bonds is 7. The average molecular weight is 483 g/mol. The van der Waals surface area contributed by atoms with Crippen LogP contribution in [0.15, 0.2) is 35.5 Å². The van der Waals surface area contributed by atoms with Gasteiger partial charge in [0.1, 0.15) is 5.82 Å². The summed E-state index contributed by atoms with van der Waals surface area (Å²) in [5.74, 6) is 1.22. The number of alkyl halides is 3. The summed E-state index contributed by atoms with van der Waals surface area (Å²) in [4.78, 5) is 8.29. The average Bonchev–Trinajstić information content (AvgIpc) is 3.07. The fourth-order valence-electron chi connectivity index (χ4n) is 2.40. The number of nitrogens with one attached hydrogen (secondary N) is 3. The van der Waals surface area contributed by atoms with E-state index in [4.69, 9.17) is 0 Å². The Morgan fingerprint density at radius 3 is 2.58 bits per heavy atom. The molecule has 3 N–H and O–H groups in total. The summed E-state index contributed by atoms with van der Waals surface area (Å²) >= 11 is 0. The first-order valence-corrected chi connectivity index (χ1v) is 8.46. The number of hydrogen-bond donors (Lipinski definition) is 3. The van der Waals surface area contributed by atoms with Gasteiger partial charge in [-0.05, 0) is 38.3 Å². The number of guanidine groups is 1. The molecule has 1 aliphatic carbocycles. The molecule has 1 heterocycles. The summed E-state index contributed by atoms with van der Waals surface area (Å²) in [6.45, 7) is 4.01. The smallest absolute Gasteiger partial charge is 0.370 e. The van der Waals surface area contributed by atoms with E-state index in [1.165, 1.54) is 6.07 Å². The molecule has 0 fully saturated rings. The minimum absolute atomic E-state index is 0. The predicted molar refractivity (Wildman–Crippen MR) is 109 cm³/mol. The van der Waals surface area contributed by atoms with Gasteiger partial charge in [0, 0.05) is 31.9 Å². The third kappa shape index (κ3) is 7.79. The van der Waals surface area contributed by atoms with Gasteiger partial charge in [-0.1, -0.05) is 12.2 Å². The van der Waals surface area contributed by atoms with E-state index in [0.29, 0.717) is 24.9 Å². The van der Waals surface area contributed by atoms with E-state index in [-0.39, 0.29) is 24.0 Å². The summed E-state index contributed by atoms with van der Waals surface area (Å²) in [6.07, 6.45) is 3.55. The molecule has 9 heteroatoms. The molecule has 0 saturated heterocycles. The van der Waals surface area contributed by atoms with Crippen LogP contribution >= 0.6 is 24.0 Å². The molecule has 1 aliphatic rings. The first-order valence-electron chi connectivity index (χ1n) is 8.46. The second kappa shape index (κ2) is 11.2. The Bertz CT molecular complexity index is 579. The Hall–Kier alpha value is -1.52. The van der Waals surface area contributed by atoms with Gasteiger partial charge < -0.3 is 16.0 Å². The molecule has 1 aromatic rings. The number of aliphatic imine (C=N–C) groups is 1. The highest BCUT2D eigenvalue weighted by Gasteiger charge is 2.30. The zero-order valence-electron chi connectivity index (χ0n) is 14.6. The van der Waals surface area contributed by atoms with Crippen LogP contribution in [0.25, 0.3) is 0 Å². The van der Waals surface area contributed by atoms with Crippen molar-refractivity contribution >= 4 is 35.8 Å². The fourth-order valence-corrected chi connectivity index (χ4v) is 2.40. The highest BCUT2D eigenvalue weighted by Crippen LogP contribution is 2.28. The van der Waals surface area contributed by atoms with Crippen molar-refractivity contribution < 1.29 is 13.2 Å². The fraction of sp³-hybridized carbons (Fsp3) is 0.529. The van der Waals surface area contributed by atoms with E-state index in [9.17, 15) is 13.2 Å². The standard InChI is InChI=1S/C17H24F3N5.HI/c1-2-21-16(25-14-6-3-4-7-14)23-11-5-10-22-15-9-8-13(12-24-15)17(18,19)20;/h3-4,8-9,12,14H,2,5-7,10-11H2,1H3,(H,22,24)(H2,21,23,25);1H. The van der Waals surface area contributed by atoms with E-state index in [0.717, 1.165) is 44.0 Å². The largest absolute Gasteiger partial charge is 0.417 e. The van der Waals surface area contributed by atoms with Crippen LogP contribution in [0.2, 0.25) is 0 Å². The van der Waals surface area contributed by atoms with Crippen LogP contribution in [-0.2, 0) is 6.18 Å². The van der Waals surface area contributed by atoms with Crippen LogP contribution in [0, 0.1) is 0 Å². The number of halogens is 4. The molecule has 0 spiro atoms. The van der Waals surface area contributed by atoms with Gasteiger partial charge in [0.05, 0.1) is 5.56 Å². The molecule has 26 heavy (non-hydrogen) atoms. The van der Waals surface area contributed by atoms with Crippen molar-refractivity contribution in [3.63, 3.8) is 0 Å². The Kier molecular flexibility index (Phi) is 9.74. The van der Waals surface area contributed by atoms with Gasteiger partial charge in [-0.3, -0.25) is 4.99 Å². The van der Waals surface area contributed by atoms with E-state index < -0.39 is 11.7 Å². The second-order valence-electron chi connectivity index (χ2n) is 5.75. The summed E-state index contributed by atoms with van der Waals surface area (Å²) in [5.41, 5.74) is -0.745. The van der Waals surface area contributed by atoms with Crippen molar-refractivity contribution in [1.82, 2.24) is 15.6 Å². The SMILES string of the molecule is CCNC(=NCCCNc1ccc(C(F)(F)F)cn1)NC1CC=CC1.I. The van der Waals surface area contributed by atoms with Gasteiger partial charge in [-0.25, -0.2) is 4.98 Å². The van der Waals surface area contributed by atoms with E-state index in [1.54, 1.807) is 0 Å². The van der Waals surface area contributed by atoms with Gasteiger partial charge in [-0.2, -0.15) is 13.2 Å². The minimum atomic E-state index is -4.36. The van der Waals surface area contributed by atoms with Crippen molar-refractivity contribution in [2.75, 3.05) is 25.0 Å². The Balaban J connectivity index is 0.00000338. The molecule has 1 aromatic heterocycles. The molecular formula is C17H25F3IN5. The van der Waals surface area contributed by atoms with Gasteiger partial charge in [0.2, 0.25) is 0 Å². The van der Waals surface area contributed by atoms with Gasteiger partial charge in [0.25, 0.3) is 0 Å². The van der Waals surface area contributed by atoms with Crippen molar-refractivity contribution in [3.8, 4) is 0 Å². The molecule has 0 bridgehead atoms. The molecule has 0 aliphatic heterocycles. The maximum absolute atomic E-state index is 12.5. The van der Waals surface area contributed by atoms with E-state index in [1.807, 2.05) is 6.92 Å². The van der Waals surface area contributed by atoms with Crippen LogP contribution in [0.4, 0.5) is 19.0 Å². The molecule has 0 unspecified atom stereocenters. The zero-order valence-corrected chi connectivity index (χ0v) is 17.0. The molecule has 146 valence electrons. The topological polar surface area (TPSA) is 61.3 Å². The number of aromatic nitrogens is 1. The van der Waals surface area contributed by atoms with Crippen LogP contribution in [0.3, 0.4) is 0 Å². The molecular weight excluding hydrogens is 458 g/mol. The quantitative estimate of drug-likeness (QED) is 0.182. The predicted octanol–water partition coefficient (Wildman–Crippen LogP) is 3.79. The van der Waals surface area contributed by atoms with Crippen LogP contribution in [-0.4, -0.2) is 36.6 Å². The maximum Gasteiger partial charge on any atom is 0.417 e. The van der Waals surface area contributed by atoms with Gasteiger partial charge >= 0.3 is 6.18 Å². The lowest BCUT2D eigenvalue weighted by molar-refractivity contribution is -0.137. The monoisotopic (exact) mass is 483 g/mol. The van der Waals surface area contributed by atoms with E-state index >= 15 is 0 Å². The summed E-state index contributed by atoms with van der Waals surface area (Å²) in [6, 6.07) is 2.76. The van der Waals surface area contributed by atoms with Crippen molar-refractivity contribution in [3.05, 3.63) is 36.0 Å². The molecule has 0 radical (unpaired) electrons.